The molecule has 0 fully saturated rings. The molecule has 0 aliphatic carbocycles. The fourth-order valence-electron chi connectivity index (χ4n) is 1.78. The first kappa shape index (κ1) is 17.1. The summed E-state index contributed by atoms with van der Waals surface area (Å²) in [5, 5.41) is 2.81. The van der Waals surface area contributed by atoms with Crippen LogP contribution in [0.1, 0.15) is 25.8 Å². The fourth-order valence-corrected chi connectivity index (χ4v) is 1.78. The van der Waals surface area contributed by atoms with Crippen LogP contribution in [0.25, 0.3) is 0 Å². The van der Waals surface area contributed by atoms with Crippen molar-refractivity contribution in [3.05, 3.63) is 17.7 Å². The third-order valence-corrected chi connectivity index (χ3v) is 3.43. The molecule has 6 nitrogen and oxygen atoms in total. The SMILES string of the molecule is CCC(C)(N)C(=O)NCc1cc(OC)c(OC)c(OC)c1. The molecule has 118 valence electrons. The van der Waals surface area contributed by atoms with Gasteiger partial charge in [0.25, 0.3) is 0 Å². The van der Waals surface area contributed by atoms with Crippen molar-refractivity contribution in [3.63, 3.8) is 0 Å². The number of rotatable bonds is 7. The summed E-state index contributed by atoms with van der Waals surface area (Å²) in [6.45, 7) is 3.92. The Kier molecular flexibility index (Phi) is 5.84. The molecular weight excluding hydrogens is 272 g/mol. The van der Waals surface area contributed by atoms with Gasteiger partial charge in [-0.15, -0.1) is 0 Å². The highest BCUT2D eigenvalue weighted by atomic mass is 16.5. The van der Waals surface area contributed by atoms with Gasteiger partial charge in [0, 0.05) is 6.54 Å². The van der Waals surface area contributed by atoms with Crippen LogP contribution in [0.5, 0.6) is 17.2 Å². The van der Waals surface area contributed by atoms with Gasteiger partial charge in [0.15, 0.2) is 11.5 Å². The summed E-state index contributed by atoms with van der Waals surface area (Å²) < 4.78 is 15.8. The minimum atomic E-state index is -0.874. The molecule has 1 amide bonds. The largest absolute Gasteiger partial charge is 0.493 e. The van der Waals surface area contributed by atoms with E-state index in [4.69, 9.17) is 19.9 Å². The van der Waals surface area contributed by atoms with Crippen molar-refractivity contribution < 1.29 is 19.0 Å². The summed E-state index contributed by atoms with van der Waals surface area (Å²) in [4.78, 5) is 12.0. The van der Waals surface area contributed by atoms with Crippen molar-refractivity contribution in [2.75, 3.05) is 21.3 Å². The lowest BCUT2D eigenvalue weighted by molar-refractivity contribution is -0.126. The summed E-state index contributed by atoms with van der Waals surface area (Å²) >= 11 is 0. The van der Waals surface area contributed by atoms with Gasteiger partial charge in [-0.1, -0.05) is 6.92 Å². The fraction of sp³-hybridized carbons (Fsp3) is 0.533. The number of methoxy groups -OCH3 is 3. The van der Waals surface area contributed by atoms with E-state index in [0.717, 1.165) is 5.56 Å². The zero-order valence-electron chi connectivity index (χ0n) is 13.3. The topological polar surface area (TPSA) is 82.8 Å². The molecule has 1 aromatic rings. The van der Waals surface area contributed by atoms with E-state index in [-0.39, 0.29) is 5.91 Å². The third-order valence-electron chi connectivity index (χ3n) is 3.43. The smallest absolute Gasteiger partial charge is 0.240 e. The van der Waals surface area contributed by atoms with Crippen LogP contribution in [0.3, 0.4) is 0 Å². The predicted octanol–water partition coefficient (Wildman–Crippen LogP) is 1.46. The maximum absolute atomic E-state index is 12.0. The lowest BCUT2D eigenvalue weighted by atomic mass is 9.99. The van der Waals surface area contributed by atoms with Crippen LogP contribution in [0.2, 0.25) is 0 Å². The molecule has 0 heterocycles. The molecule has 21 heavy (non-hydrogen) atoms. The van der Waals surface area contributed by atoms with Gasteiger partial charge in [0.1, 0.15) is 0 Å². The van der Waals surface area contributed by atoms with Gasteiger partial charge < -0.3 is 25.3 Å². The zero-order chi connectivity index (χ0) is 16.0. The Morgan fingerprint density at radius 1 is 1.19 bits per heavy atom. The number of carbonyl (C=O) groups is 1. The number of nitrogens with two attached hydrogens (primary N) is 1. The van der Waals surface area contributed by atoms with Crippen LogP contribution < -0.4 is 25.3 Å². The van der Waals surface area contributed by atoms with Crippen LogP contribution in [0.15, 0.2) is 12.1 Å². The van der Waals surface area contributed by atoms with Crippen molar-refractivity contribution in [1.29, 1.82) is 0 Å². The lowest BCUT2D eigenvalue weighted by Crippen LogP contribution is -2.50. The van der Waals surface area contributed by atoms with Gasteiger partial charge >= 0.3 is 0 Å². The van der Waals surface area contributed by atoms with Crippen molar-refractivity contribution in [2.45, 2.75) is 32.4 Å². The Hall–Kier alpha value is -1.95. The second-order valence-electron chi connectivity index (χ2n) is 4.99. The van der Waals surface area contributed by atoms with E-state index in [9.17, 15) is 4.79 Å². The first-order valence-corrected chi connectivity index (χ1v) is 6.75. The molecular formula is C15H24N2O4. The van der Waals surface area contributed by atoms with E-state index < -0.39 is 5.54 Å². The molecule has 0 saturated carbocycles. The van der Waals surface area contributed by atoms with Crippen LogP contribution >= 0.6 is 0 Å². The molecule has 0 aliphatic rings. The van der Waals surface area contributed by atoms with Crippen molar-refractivity contribution in [3.8, 4) is 17.2 Å². The van der Waals surface area contributed by atoms with Gasteiger partial charge in [-0.05, 0) is 31.0 Å². The summed E-state index contributed by atoms with van der Waals surface area (Å²) in [7, 11) is 4.64. The molecule has 6 heteroatoms. The summed E-state index contributed by atoms with van der Waals surface area (Å²) in [5.41, 5.74) is 5.86. The second-order valence-corrected chi connectivity index (χ2v) is 4.99. The highest BCUT2D eigenvalue weighted by Gasteiger charge is 2.25. The molecule has 0 bridgehead atoms. The maximum Gasteiger partial charge on any atom is 0.240 e. The lowest BCUT2D eigenvalue weighted by Gasteiger charge is -2.22. The van der Waals surface area contributed by atoms with E-state index in [2.05, 4.69) is 5.32 Å². The highest BCUT2D eigenvalue weighted by molar-refractivity contribution is 5.85. The number of ether oxygens (including phenoxy) is 3. The average molecular weight is 296 g/mol. The first-order valence-electron chi connectivity index (χ1n) is 6.75. The predicted molar refractivity (Wildman–Crippen MR) is 80.8 cm³/mol. The standard InChI is InChI=1S/C15H24N2O4/c1-6-15(2,16)14(18)17-9-10-7-11(19-3)13(21-5)12(8-10)20-4/h7-8H,6,9,16H2,1-5H3,(H,17,18). The van der Waals surface area contributed by atoms with Gasteiger partial charge in [0.05, 0.1) is 26.9 Å². The number of carbonyl (C=O) groups excluding carboxylic acids is 1. The normalized spacial score (nSPS) is 13.2. The number of nitrogens with one attached hydrogen (secondary N) is 1. The Bertz CT molecular complexity index is 475. The van der Waals surface area contributed by atoms with Gasteiger partial charge in [-0.3, -0.25) is 4.79 Å². The van der Waals surface area contributed by atoms with E-state index in [1.165, 1.54) is 0 Å². The average Bonchev–Trinajstić information content (AvgIpc) is 2.50. The molecule has 0 radical (unpaired) electrons. The number of hydrogen-bond acceptors (Lipinski definition) is 5. The van der Waals surface area contributed by atoms with E-state index in [1.807, 2.05) is 6.92 Å². The van der Waals surface area contributed by atoms with Crippen molar-refractivity contribution in [2.24, 2.45) is 5.73 Å². The van der Waals surface area contributed by atoms with E-state index >= 15 is 0 Å². The molecule has 1 rings (SSSR count). The van der Waals surface area contributed by atoms with E-state index in [0.29, 0.717) is 30.2 Å². The van der Waals surface area contributed by atoms with Gasteiger partial charge in [-0.25, -0.2) is 0 Å². The summed E-state index contributed by atoms with van der Waals surface area (Å²) in [6.07, 6.45) is 0.564. The van der Waals surface area contributed by atoms with Gasteiger partial charge in [-0.2, -0.15) is 0 Å². The Labute approximate surface area is 125 Å². The van der Waals surface area contributed by atoms with Crippen LogP contribution in [0.4, 0.5) is 0 Å². The molecule has 1 aromatic carbocycles. The van der Waals surface area contributed by atoms with Gasteiger partial charge in [0.2, 0.25) is 11.7 Å². The minimum absolute atomic E-state index is 0.196. The number of hydrogen-bond donors (Lipinski definition) is 2. The van der Waals surface area contributed by atoms with E-state index in [1.54, 1.807) is 40.4 Å². The molecule has 1 atom stereocenters. The Morgan fingerprint density at radius 3 is 2.10 bits per heavy atom. The zero-order valence-corrected chi connectivity index (χ0v) is 13.3. The van der Waals surface area contributed by atoms with Crippen molar-refractivity contribution in [1.82, 2.24) is 5.32 Å². The Morgan fingerprint density at radius 2 is 1.71 bits per heavy atom. The molecule has 3 N–H and O–H groups in total. The van der Waals surface area contributed by atoms with Crippen LogP contribution in [-0.4, -0.2) is 32.8 Å². The maximum atomic E-state index is 12.0. The number of benzene rings is 1. The summed E-state index contributed by atoms with van der Waals surface area (Å²) in [6, 6.07) is 3.59. The molecule has 1 unspecified atom stereocenters. The summed E-state index contributed by atoms with van der Waals surface area (Å²) in [5.74, 6) is 1.42. The third kappa shape index (κ3) is 4.01. The molecule has 0 spiro atoms. The number of amides is 1. The molecule has 0 saturated heterocycles. The molecule has 0 aromatic heterocycles. The highest BCUT2D eigenvalue weighted by Crippen LogP contribution is 2.38. The van der Waals surface area contributed by atoms with Crippen LogP contribution in [-0.2, 0) is 11.3 Å². The molecule has 0 aliphatic heterocycles. The monoisotopic (exact) mass is 296 g/mol. The Balaban J connectivity index is 2.92. The van der Waals surface area contributed by atoms with Crippen molar-refractivity contribution >= 4 is 5.91 Å². The quantitative estimate of drug-likeness (QED) is 0.796. The first-order chi connectivity index (χ1) is 9.89. The second kappa shape index (κ2) is 7.17. The minimum Gasteiger partial charge on any atom is -0.493 e. The van der Waals surface area contributed by atoms with Crippen LogP contribution in [0, 0.1) is 0 Å².